The van der Waals surface area contributed by atoms with Gasteiger partial charge in [0.2, 0.25) is 0 Å². The van der Waals surface area contributed by atoms with Crippen molar-refractivity contribution in [2.45, 2.75) is 33.4 Å². The zero-order valence-corrected chi connectivity index (χ0v) is 12.5. The van der Waals surface area contributed by atoms with E-state index in [-0.39, 0.29) is 16.7 Å². The molecule has 1 aromatic heterocycles. The molecule has 0 saturated carbocycles. The summed E-state index contributed by atoms with van der Waals surface area (Å²) < 4.78 is 0. The van der Waals surface area contributed by atoms with Crippen LogP contribution in [0.1, 0.15) is 34.8 Å². The molecule has 1 heterocycles. The molecular weight excluding hydrogens is 274 g/mol. The molecule has 2 aromatic rings. The molecule has 5 nitrogen and oxygen atoms in total. The van der Waals surface area contributed by atoms with Crippen molar-refractivity contribution in [3.63, 3.8) is 0 Å². The van der Waals surface area contributed by atoms with Crippen molar-refractivity contribution in [2.75, 3.05) is 0 Å². The Morgan fingerprint density at radius 3 is 2.80 bits per heavy atom. The van der Waals surface area contributed by atoms with E-state index in [4.69, 9.17) is 0 Å². The van der Waals surface area contributed by atoms with Crippen LogP contribution in [0.2, 0.25) is 0 Å². The second-order valence-electron chi connectivity index (χ2n) is 4.71. The molecule has 0 saturated heterocycles. The van der Waals surface area contributed by atoms with Gasteiger partial charge in [0.1, 0.15) is 0 Å². The van der Waals surface area contributed by atoms with Gasteiger partial charge in [-0.1, -0.05) is 12.1 Å². The first kappa shape index (κ1) is 14.6. The molecule has 0 aliphatic rings. The van der Waals surface area contributed by atoms with Crippen LogP contribution in [-0.2, 0) is 6.54 Å². The molecule has 20 heavy (non-hydrogen) atoms. The minimum Gasteiger partial charge on any atom is -0.305 e. The van der Waals surface area contributed by atoms with Gasteiger partial charge in [-0.2, -0.15) is 0 Å². The maximum absolute atomic E-state index is 10.9. The van der Waals surface area contributed by atoms with Gasteiger partial charge in [0.05, 0.1) is 15.6 Å². The molecule has 2 rings (SSSR count). The first-order chi connectivity index (χ1) is 9.49. The topological polar surface area (TPSA) is 68.1 Å². The minimum absolute atomic E-state index is 0.124. The number of benzene rings is 1. The van der Waals surface area contributed by atoms with Crippen LogP contribution in [0.4, 0.5) is 5.69 Å². The van der Waals surface area contributed by atoms with E-state index in [1.165, 1.54) is 6.07 Å². The van der Waals surface area contributed by atoms with E-state index < -0.39 is 0 Å². The van der Waals surface area contributed by atoms with Crippen molar-refractivity contribution >= 4 is 17.0 Å². The van der Waals surface area contributed by atoms with E-state index >= 15 is 0 Å². The number of hydrogen-bond acceptors (Lipinski definition) is 5. The Balaban J connectivity index is 2.08. The Hall–Kier alpha value is -1.79. The lowest BCUT2D eigenvalue weighted by atomic mass is 10.1. The zero-order valence-electron chi connectivity index (χ0n) is 11.7. The molecule has 0 aliphatic heterocycles. The highest BCUT2D eigenvalue weighted by Crippen LogP contribution is 2.22. The minimum atomic E-state index is -0.341. The fourth-order valence-corrected chi connectivity index (χ4v) is 2.71. The predicted octanol–water partition coefficient (Wildman–Crippen LogP) is 3.52. The highest BCUT2D eigenvalue weighted by atomic mass is 32.1. The number of nitro benzene ring substituents is 1. The SMILES string of the molecule is Cc1nc(C(C)NCc2cccc([N+](=O)[O-])c2C)cs1. The Morgan fingerprint density at radius 1 is 1.45 bits per heavy atom. The second-order valence-corrected chi connectivity index (χ2v) is 5.77. The quantitative estimate of drug-likeness (QED) is 0.676. The molecule has 0 amide bonds. The lowest BCUT2D eigenvalue weighted by Crippen LogP contribution is -2.19. The van der Waals surface area contributed by atoms with Gasteiger partial charge < -0.3 is 5.32 Å². The van der Waals surface area contributed by atoms with E-state index in [1.54, 1.807) is 24.3 Å². The second kappa shape index (κ2) is 6.11. The third-order valence-electron chi connectivity index (χ3n) is 3.29. The molecule has 0 fully saturated rings. The van der Waals surface area contributed by atoms with Gasteiger partial charge in [-0.3, -0.25) is 10.1 Å². The molecule has 0 radical (unpaired) electrons. The summed E-state index contributed by atoms with van der Waals surface area (Å²) in [6, 6.07) is 5.29. The maximum atomic E-state index is 10.9. The number of thiazole rings is 1. The summed E-state index contributed by atoms with van der Waals surface area (Å²) in [7, 11) is 0. The summed E-state index contributed by atoms with van der Waals surface area (Å²) in [6.07, 6.45) is 0. The normalized spacial score (nSPS) is 12.3. The molecule has 1 aromatic carbocycles. The lowest BCUT2D eigenvalue weighted by molar-refractivity contribution is -0.385. The van der Waals surface area contributed by atoms with Crippen LogP contribution in [0.5, 0.6) is 0 Å². The number of aryl methyl sites for hydroxylation is 1. The number of rotatable bonds is 5. The number of nitrogens with zero attached hydrogens (tertiary/aromatic N) is 2. The van der Waals surface area contributed by atoms with Gasteiger partial charge in [-0.05, 0) is 26.3 Å². The molecule has 0 bridgehead atoms. The van der Waals surface area contributed by atoms with Crippen LogP contribution in [0, 0.1) is 24.0 Å². The van der Waals surface area contributed by atoms with Crippen LogP contribution in [-0.4, -0.2) is 9.91 Å². The molecule has 1 unspecified atom stereocenters. The Morgan fingerprint density at radius 2 is 2.20 bits per heavy atom. The summed E-state index contributed by atoms with van der Waals surface area (Å²) in [5, 5.41) is 17.3. The van der Waals surface area contributed by atoms with E-state index in [9.17, 15) is 10.1 Å². The first-order valence-electron chi connectivity index (χ1n) is 6.37. The first-order valence-corrected chi connectivity index (χ1v) is 7.25. The number of nitrogens with one attached hydrogen (secondary N) is 1. The van der Waals surface area contributed by atoms with Crippen molar-refractivity contribution < 1.29 is 4.92 Å². The molecule has 1 N–H and O–H groups in total. The van der Waals surface area contributed by atoms with Crippen LogP contribution in [0.25, 0.3) is 0 Å². The molecular formula is C14H17N3O2S. The van der Waals surface area contributed by atoms with Crippen molar-refractivity contribution in [1.82, 2.24) is 10.3 Å². The average Bonchev–Trinajstić information content (AvgIpc) is 2.83. The summed E-state index contributed by atoms with van der Waals surface area (Å²) >= 11 is 1.62. The zero-order chi connectivity index (χ0) is 14.7. The highest BCUT2D eigenvalue weighted by molar-refractivity contribution is 7.09. The lowest BCUT2D eigenvalue weighted by Gasteiger charge is -2.13. The fraction of sp³-hybridized carbons (Fsp3) is 0.357. The molecule has 6 heteroatoms. The highest BCUT2D eigenvalue weighted by Gasteiger charge is 2.14. The monoisotopic (exact) mass is 291 g/mol. The van der Waals surface area contributed by atoms with Crippen molar-refractivity contribution in [1.29, 1.82) is 0 Å². The van der Waals surface area contributed by atoms with Crippen LogP contribution in [0.15, 0.2) is 23.6 Å². The van der Waals surface area contributed by atoms with Gasteiger partial charge >= 0.3 is 0 Å². The van der Waals surface area contributed by atoms with Crippen LogP contribution >= 0.6 is 11.3 Å². The third-order valence-corrected chi connectivity index (χ3v) is 4.08. The van der Waals surface area contributed by atoms with Crippen molar-refractivity contribution in [3.05, 3.63) is 55.5 Å². The maximum Gasteiger partial charge on any atom is 0.272 e. The molecule has 106 valence electrons. The Kier molecular flexibility index (Phi) is 4.46. The largest absolute Gasteiger partial charge is 0.305 e. The van der Waals surface area contributed by atoms with Crippen LogP contribution in [0.3, 0.4) is 0 Å². The van der Waals surface area contributed by atoms with E-state index in [2.05, 4.69) is 10.3 Å². The fourth-order valence-electron chi connectivity index (χ4n) is 2.01. The van der Waals surface area contributed by atoms with Gasteiger partial charge in [0.25, 0.3) is 5.69 Å². The van der Waals surface area contributed by atoms with Gasteiger partial charge in [0, 0.05) is 29.6 Å². The van der Waals surface area contributed by atoms with Crippen molar-refractivity contribution in [2.24, 2.45) is 0 Å². The van der Waals surface area contributed by atoms with Gasteiger partial charge in [-0.25, -0.2) is 4.98 Å². The Labute approximate surface area is 121 Å². The summed E-state index contributed by atoms with van der Waals surface area (Å²) in [5.74, 6) is 0. The molecule has 0 spiro atoms. The summed E-state index contributed by atoms with van der Waals surface area (Å²) in [5.41, 5.74) is 2.83. The van der Waals surface area contributed by atoms with E-state index in [0.717, 1.165) is 16.3 Å². The number of hydrogen-bond donors (Lipinski definition) is 1. The van der Waals surface area contributed by atoms with Crippen LogP contribution < -0.4 is 5.32 Å². The predicted molar refractivity (Wildman–Crippen MR) is 79.9 cm³/mol. The number of aromatic nitrogens is 1. The van der Waals surface area contributed by atoms with Crippen molar-refractivity contribution in [3.8, 4) is 0 Å². The molecule has 1 atom stereocenters. The Bertz CT molecular complexity index is 625. The van der Waals surface area contributed by atoms with Gasteiger partial charge in [-0.15, -0.1) is 11.3 Å². The molecule has 0 aliphatic carbocycles. The third kappa shape index (κ3) is 3.20. The van der Waals surface area contributed by atoms with E-state index in [1.807, 2.05) is 25.3 Å². The number of nitro groups is 1. The summed E-state index contributed by atoms with van der Waals surface area (Å²) in [4.78, 5) is 15.0. The van der Waals surface area contributed by atoms with Gasteiger partial charge in [0.15, 0.2) is 0 Å². The van der Waals surface area contributed by atoms with E-state index in [0.29, 0.717) is 12.1 Å². The average molecular weight is 291 g/mol. The standard InChI is InChI=1S/C14H17N3O2S/c1-9-12(5-4-6-14(9)17(18)19)7-15-10(2)13-8-20-11(3)16-13/h4-6,8,10,15H,7H2,1-3H3. The summed E-state index contributed by atoms with van der Waals surface area (Å²) in [6.45, 7) is 6.39. The smallest absolute Gasteiger partial charge is 0.272 e.